The van der Waals surface area contributed by atoms with E-state index in [-0.39, 0.29) is 6.04 Å². The Morgan fingerprint density at radius 2 is 2.21 bits per heavy atom. The van der Waals surface area contributed by atoms with Gasteiger partial charge < -0.3 is 10.4 Å². The zero-order valence-electron chi connectivity index (χ0n) is 9.25. The molecular formula is C11H20N2O. The molecule has 1 aliphatic carbocycles. The first-order valence-corrected chi connectivity index (χ1v) is 5.34. The van der Waals surface area contributed by atoms with Crippen LogP contribution in [0.2, 0.25) is 0 Å². The highest BCUT2D eigenvalue weighted by Gasteiger charge is 2.38. The normalized spacial score (nSPS) is 38.0. The van der Waals surface area contributed by atoms with Crippen molar-refractivity contribution in [1.29, 1.82) is 5.26 Å². The average Bonchev–Trinajstić information content (AvgIpc) is 2.08. The third-order valence-corrected chi connectivity index (χ3v) is 3.49. The van der Waals surface area contributed by atoms with Crippen LogP contribution in [0.1, 0.15) is 40.0 Å². The second-order valence-corrected chi connectivity index (χ2v) is 4.94. The lowest BCUT2D eigenvalue weighted by molar-refractivity contribution is -0.0252. The van der Waals surface area contributed by atoms with Crippen LogP contribution in [0.5, 0.6) is 0 Å². The van der Waals surface area contributed by atoms with E-state index in [1.54, 1.807) is 0 Å². The van der Waals surface area contributed by atoms with Gasteiger partial charge in [-0.3, -0.25) is 0 Å². The third kappa shape index (κ3) is 2.39. The molecule has 80 valence electrons. The summed E-state index contributed by atoms with van der Waals surface area (Å²) in [6.07, 6.45) is 4.69. The van der Waals surface area contributed by atoms with Crippen molar-refractivity contribution in [1.82, 2.24) is 5.32 Å². The second kappa shape index (κ2) is 4.18. The Hall–Kier alpha value is -0.750. The molecule has 1 aliphatic rings. The Bertz CT molecular complexity index is 230. The lowest BCUT2D eigenvalue weighted by Gasteiger charge is -2.41. The predicted molar refractivity (Wildman–Crippen MR) is 55.3 cm³/mol. The maximum absolute atomic E-state index is 10.1. The van der Waals surface area contributed by atoms with Crippen LogP contribution in [0.3, 0.4) is 0 Å². The van der Waals surface area contributed by atoms with Crippen LogP contribution in [0, 0.1) is 23.3 Å². The van der Waals surface area contributed by atoms with Crippen molar-refractivity contribution in [3.8, 4) is 6.19 Å². The fourth-order valence-electron chi connectivity index (χ4n) is 2.22. The van der Waals surface area contributed by atoms with E-state index in [0.29, 0.717) is 11.8 Å². The molecule has 3 atom stereocenters. The summed E-state index contributed by atoms with van der Waals surface area (Å²) in [5, 5.41) is 21.4. The minimum absolute atomic E-state index is 0.0753. The van der Waals surface area contributed by atoms with Gasteiger partial charge in [-0.05, 0) is 38.0 Å². The molecule has 0 amide bonds. The molecule has 0 spiro atoms. The van der Waals surface area contributed by atoms with Gasteiger partial charge in [0.15, 0.2) is 6.19 Å². The zero-order valence-corrected chi connectivity index (χ0v) is 9.25. The molecule has 0 bridgehead atoms. The molecule has 0 aromatic heterocycles. The number of hydrogen-bond acceptors (Lipinski definition) is 3. The van der Waals surface area contributed by atoms with Crippen molar-refractivity contribution in [2.24, 2.45) is 11.8 Å². The highest BCUT2D eigenvalue weighted by molar-refractivity contribution is 4.97. The molecule has 0 aromatic carbocycles. The summed E-state index contributed by atoms with van der Waals surface area (Å²) in [6.45, 7) is 6.22. The fraction of sp³-hybridized carbons (Fsp3) is 0.909. The molecule has 3 heteroatoms. The van der Waals surface area contributed by atoms with Crippen LogP contribution in [-0.4, -0.2) is 16.7 Å². The lowest BCUT2D eigenvalue weighted by Crippen LogP contribution is -2.51. The molecule has 0 aromatic rings. The Balaban J connectivity index is 2.63. The Labute approximate surface area is 86.1 Å². The first-order chi connectivity index (χ1) is 6.47. The molecule has 0 aliphatic heterocycles. The van der Waals surface area contributed by atoms with Gasteiger partial charge in [0.25, 0.3) is 0 Å². The summed E-state index contributed by atoms with van der Waals surface area (Å²) >= 11 is 0. The molecule has 3 nitrogen and oxygen atoms in total. The van der Waals surface area contributed by atoms with Gasteiger partial charge in [-0.25, -0.2) is 0 Å². The summed E-state index contributed by atoms with van der Waals surface area (Å²) in [4.78, 5) is 0. The van der Waals surface area contributed by atoms with E-state index >= 15 is 0 Å². The first-order valence-electron chi connectivity index (χ1n) is 5.34. The average molecular weight is 196 g/mol. The Morgan fingerprint density at radius 3 is 2.71 bits per heavy atom. The monoisotopic (exact) mass is 196 g/mol. The minimum Gasteiger partial charge on any atom is -0.388 e. The van der Waals surface area contributed by atoms with Crippen molar-refractivity contribution in [2.45, 2.75) is 51.7 Å². The van der Waals surface area contributed by atoms with Crippen LogP contribution in [0.4, 0.5) is 0 Å². The van der Waals surface area contributed by atoms with E-state index in [0.717, 1.165) is 19.3 Å². The summed E-state index contributed by atoms with van der Waals surface area (Å²) < 4.78 is 0. The van der Waals surface area contributed by atoms with Gasteiger partial charge in [-0.2, -0.15) is 5.26 Å². The van der Waals surface area contributed by atoms with Crippen molar-refractivity contribution in [3.63, 3.8) is 0 Å². The standard InChI is InChI=1S/C11H20N2O/c1-8(2)9-4-5-11(3,14)10(6-9)13-7-12/h8-10,13-14H,4-6H2,1-3H3. The molecule has 2 N–H and O–H groups in total. The van der Waals surface area contributed by atoms with Crippen molar-refractivity contribution in [2.75, 3.05) is 0 Å². The van der Waals surface area contributed by atoms with E-state index in [1.807, 2.05) is 13.1 Å². The molecule has 14 heavy (non-hydrogen) atoms. The van der Waals surface area contributed by atoms with E-state index in [9.17, 15) is 5.11 Å². The number of nitrogens with zero attached hydrogens (tertiary/aromatic N) is 1. The minimum atomic E-state index is -0.721. The van der Waals surface area contributed by atoms with E-state index in [1.165, 1.54) is 0 Å². The number of nitriles is 1. The molecule has 1 saturated carbocycles. The van der Waals surface area contributed by atoms with Crippen molar-refractivity contribution >= 4 is 0 Å². The van der Waals surface area contributed by atoms with Gasteiger partial charge in [0.1, 0.15) is 0 Å². The summed E-state index contributed by atoms with van der Waals surface area (Å²) in [5.74, 6) is 1.26. The topological polar surface area (TPSA) is 56.0 Å². The number of aliphatic hydroxyl groups is 1. The molecule has 0 radical (unpaired) electrons. The summed E-state index contributed by atoms with van der Waals surface area (Å²) in [6, 6.07) is -0.0753. The van der Waals surface area contributed by atoms with Crippen LogP contribution < -0.4 is 5.32 Å². The van der Waals surface area contributed by atoms with Crippen molar-refractivity contribution < 1.29 is 5.11 Å². The van der Waals surface area contributed by atoms with Gasteiger partial charge in [0.2, 0.25) is 0 Å². The lowest BCUT2D eigenvalue weighted by atomic mass is 9.72. The maximum atomic E-state index is 10.1. The van der Waals surface area contributed by atoms with Crippen LogP contribution in [0.25, 0.3) is 0 Å². The van der Waals surface area contributed by atoms with Gasteiger partial charge >= 0.3 is 0 Å². The van der Waals surface area contributed by atoms with Crippen LogP contribution in [0.15, 0.2) is 0 Å². The predicted octanol–water partition coefficient (Wildman–Crippen LogP) is 1.63. The van der Waals surface area contributed by atoms with Crippen molar-refractivity contribution in [3.05, 3.63) is 0 Å². The number of hydrogen-bond donors (Lipinski definition) is 2. The first kappa shape index (κ1) is 11.3. The molecule has 1 fully saturated rings. The summed E-state index contributed by atoms with van der Waals surface area (Å²) in [5.41, 5.74) is -0.721. The van der Waals surface area contributed by atoms with E-state index in [4.69, 9.17) is 5.26 Å². The summed E-state index contributed by atoms with van der Waals surface area (Å²) in [7, 11) is 0. The second-order valence-electron chi connectivity index (χ2n) is 4.94. The number of rotatable bonds is 2. The maximum Gasteiger partial charge on any atom is 0.176 e. The number of nitrogens with one attached hydrogen (secondary N) is 1. The van der Waals surface area contributed by atoms with Gasteiger partial charge in [-0.1, -0.05) is 13.8 Å². The zero-order chi connectivity index (χ0) is 10.8. The van der Waals surface area contributed by atoms with Crippen LogP contribution in [-0.2, 0) is 0 Å². The third-order valence-electron chi connectivity index (χ3n) is 3.49. The van der Waals surface area contributed by atoms with E-state index < -0.39 is 5.60 Å². The molecule has 0 saturated heterocycles. The highest BCUT2D eigenvalue weighted by Crippen LogP contribution is 2.35. The largest absolute Gasteiger partial charge is 0.388 e. The van der Waals surface area contributed by atoms with E-state index in [2.05, 4.69) is 19.2 Å². The van der Waals surface area contributed by atoms with Gasteiger partial charge in [0, 0.05) is 0 Å². The van der Waals surface area contributed by atoms with Gasteiger partial charge in [0.05, 0.1) is 11.6 Å². The van der Waals surface area contributed by atoms with Gasteiger partial charge in [-0.15, -0.1) is 0 Å². The smallest absolute Gasteiger partial charge is 0.176 e. The fourth-order valence-corrected chi connectivity index (χ4v) is 2.22. The Morgan fingerprint density at radius 1 is 1.57 bits per heavy atom. The quantitative estimate of drug-likeness (QED) is 0.521. The SMILES string of the molecule is CC(C)C1CCC(C)(O)C(NC#N)C1. The molecule has 1 rings (SSSR count). The van der Waals surface area contributed by atoms with Crippen LogP contribution >= 0.6 is 0 Å². The Kier molecular flexibility index (Phi) is 3.38. The molecular weight excluding hydrogens is 176 g/mol. The molecule has 0 heterocycles. The molecule has 3 unspecified atom stereocenters. The highest BCUT2D eigenvalue weighted by atomic mass is 16.3.